The van der Waals surface area contributed by atoms with Gasteiger partial charge in [0.15, 0.2) is 0 Å². The van der Waals surface area contributed by atoms with Gasteiger partial charge in [0.2, 0.25) is 0 Å². The van der Waals surface area contributed by atoms with Crippen LogP contribution in [0.2, 0.25) is 0 Å². The van der Waals surface area contributed by atoms with Gasteiger partial charge in [0.1, 0.15) is 11.5 Å². The molecule has 2 aromatic carbocycles. The summed E-state index contributed by atoms with van der Waals surface area (Å²) in [5.74, 6) is -0.127. The van der Waals surface area contributed by atoms with Crippen molar-refractivity contribution in [1.29, 1.82) is 0 Å². The van der Waals surface area contributed by atoms with Crippen LogP contribution in [-0.4, -0.2) is 18.5 Å². The predicted molar refractivity (Wildman–Crippen MR) is 88.1 cm³/mol. The Labute approximate surface area is 138 Å². The molecule has 0 unspecified atom stereocenters. The average Bonchev–Trinajstić information content (AvgIpc) is 2.51. The van der Waals surface area contributed by atoms with Crippen LogP contribution in [0.15, 0.2) is 48.5 Å². The lowest BCUT2D eigenvalue weighted by Crippen LogP contribution is -2.17. The number of aromatic hydroxyl groups is 1. The zero-order valence-corrected chi connectivity index (χ0v) is 13.3. The van der Waals surface area contributed by atoms with Gasteiger partial charge in [-0.15, -0.1) is 13.2 Å². The first-order valence-electron chi connectivity index (χ1n) is 7.33. The first-order valence-corrected chi connectivity index (χ1v) is 7.33. The van der Waals surface area contributed by atoms with E-state index < -0.39 is 6.36 Å². The van der Waals surface area contributed by atoms with Gasteiger partial charge < -0.3 is 15.2 Å². The largest absolute Gasteiger partial charge is 0.573 e. The van der Waals surface area contributed by atoms with Crippen LogP contribution in [0, 0.1) is 0 Å². The Morgan fingerprint density at radius 3 is 2.54 bits per heavy atom. The molecule has 0 atom stereocenters. The highest BCUT2D eigenvalue weighted by molar-refractivity contribution is 5.78. The maximum Gasteiger partial charge on any atom is 0.573 e. The number of alkyl halides is 3. The Kier molecular flexibility index (Phi) is 5.39. The fourth-order valence-corrected chi connectivity index (χ4v) is 2.44. The molecule has 128 valence electrons. The Bertz CT molecular complexity index is 739. The fourth-order valence-electron chi connectivity index (χ4n) is 2.44. The second kappa shape index (κ2) is 7.29. The third-order valence-electron chi connectivity index (χ3n) is 3.49. The lowest BCUT2D eigenvalue weighted by atomic mass is 9.96. The fraction of sp³-hybridized carbons (Fsp3) is 0.222. The van der Waals surface area contributed by atoms with Crippen molar-refractivity contribution in [3.8, 4) is 11.5 Å². The second-order valence-electron chi connectivity index (χ2n) is 5.17. The molecule has 0 heterocycles. The molecule has 2 N–H and O–H groups in total. The molecule has 0 aliphatic heterocycles. The molecule has 0 saturated heterocycles. The summed E-state index contributed by atoms with van der Waals surface area (Å²) >= 11 is 0. The Hall–Kier alpha value is -2.63. The molecule has 24 heavy (non-hydrogen) atoms. The van der Waals surface area contributed by atoms with Crippen molar-refractivity contribution >= 4 is 11.3 Å². The zero-order valence-electron chi connectivity index (χ0n) is 13.3. The van der Waals surface area contributed by atoms with E-state index in [0.29, 0.717) is 17.7 Å². The molecule has 0 bridgehead atoms. The number of hydrogen-bond donors (Lipinski definition) is 2. The number of phenols is 1. The van der Waals surface area contributed by atoms with Gasteiger partial charge in [0.05, 0.1) is 0 Å². The van der Waals surface area contributed by atoms with Crippen LogP contribution in [0.3, 0.4) is 0 Å². The number of ether oxygens (including phenoxy) is 1. The van der Waals surface area contributed by atoms with Gasteiger partial charge in [-0.3, -0.25) is 0 Å². The summed E-state index contributed by atoms with van der Waals surface area (Å²) < 4.78 is 41.4. The number of halogens is 3. The molecular weight excluding hydrogens is 319 g/mol. The summed E-state index contributed by atoms with van der Waals surface area (Å²) in [7, 11) is 1.70. The van der Waals surface area contributed by atoms with Crippen LogP contribution in [0.25, 0.3) is 5.57 Å². The van der Waals surface area contributed by atoms with Crippen molar-refractivity contribution in [1.82, 2.24) is 0 Å². The summed E-state index contributed by atoms with van der Waals surface area (Å²) in [5, 5.41) is 12.5. The van der Waals surface area contributed by atoms with E-state index in [-0.39, 0.29) is 11.5 Å². The number of anilines is 1. The summed E-state index contributed by atoms with van der Waals surface area (Å²) in [6.07, 6.45) is -2.44. The molecule has 0 amide bonds. The Balaban J connectivity index is 2.37. The highest BCUT2D eigenvalue weighted by atomic mass is 19.4. The summed E-state index contributed by atoms with van der Waals surface area (Å²) in [4.78, 5) is 0. The Morgan fingerprint density at radius 2 is 1.96 bits per heavy atom. The molecule has 6 heteroatoms. The second-order valence-corrected chi connectivity index (χ2v) is 5.17. The maximum atomic E-state index is 12.4. The van der Waals surface area contributed by atoms with E-state index in [9.17, 15) is 18.3 Å². The van der Waals surface area contributed by atoms with Crippen LogP contribution < -0.4 is 10.1 Å². The topological polar surface area (TPSA) is 41.5 Å². The zero-order chi connectivity index (χ0) is 17.7. The van der Waals surface area contributed by atoms with Crippen molar-refractivity contribution in [2.24, 2.45) is 0 Å². The third kappa shape index (κ3) is 4.68. The van der Waals surface area contributed by atoms with Gasteiger partial charge in [0, 0.05) is 18.3 Å². The number of phenolic OH excluding ortho intramolecular Hbond substituents is 1. The summed E-state index contributed by atoms with van der Waals surface area (Å²) in [6.45, 7) is 1.81. The van der Waals surface area contributed by atoms with Crippen molar-refractivity contribution in [3.63, 3.8) is 0 Å². The van der Waals surface area contributed by atoms with Crippen LogP contribution in [0.5, 0.6) is 11.5 Å². The monoisotopic (exact) mass is 337 g/mol. The lowest BCUT2D eigenvalue weighted by molar-refractivity contribution is -0.274. The minimum atomic E-state index is -4.74. The van der Waals surface area contributed by atoms with Gasteiger partial charge >= 0.3 is 6.36 Å². The van der Waals surface area contributed by atoms with E-state index in [4.69, 9.17) is 0 Å². The standard InChI is InChI=1S/C18H18F3NO2/c1-3-13(9-12-5-4-6-14(23)10-12)16-11-15(24-18(19,20)21)7-8-17(16)22-2/h3-8,10-11,22-23H,9H2,1-2H3/b13-3+. The molecule has 3 nitrogen and oxygen atoms in total. The summed E-state index contributed by atoms with van der Waals surface area (Å²) in [6, 6.07) is 10.9. The van der Waals surface area contributed by atoms with Crippen molar-refractivity contribution in [2.45, 2.75) is 19.7 Å². The van der Waals surface area contributed by atoms with E-state index in [0.717, 1.165) is 11.1 Å². The minimum absolute atomic E-state index is 0.144. The molecule has 0 aliphatic carbocycles. The molecule has 0 saturated carbocycles. The maximum absolute atomic E-state index is 12.4. The molecule has 0 aliphatic rings. The van der Waals surface area contributed by atoms with Crippen molar-refractivity contribution in [2.75, 3.05) is 12.4 Å². The Morgan fingerprint density at radius 1 is 1.21 bits per heavy atom. The molecule has 0 aromatic heterocycles. The normalized spacial score (nSPS) is 12.1. The predicted octanol–water partition coefficient (Wildman–Crippen LogP) is 4.98. The SMILES string of the molecule is C/C=C(\Cc1cccc(O)c1)c1cc(OC(F)(F)F)ccc1NC. The molecule has 0 spiro atoms. The van der Waals surface area contributed by atoms with Gasteiger partial charge in [-0.1, -0.05) is 18.2 Å². The minimum Gasteiger partial charge on any atom is -0.508 e. The highest BCUT2D eigenvalue weighted by Gasteiger charge is 2.31. The quantitative estimate of drug-likeness (QED) is 0.809. The van der Waals surface area contributed by atoms with Gasteiger partial charge in [-0.05, 0) is 54.8 Å². The molecule has 0 radical (unpaired) electrons. The van der Waals surface area contributed by atoms with Crippen molar-refractivity contribution in [3.05, 3.63) is 59.7 Å². The van der Waals surface area contributed by atoms with E-state index in [2.05, 4.69) is 10.1 Å². The first-order chi connectivity index (χ1) is 11.3. The smallest absolute Gasteiger partial charge is 0.508 e. The van der Waals surface area contributed by atoms with Gasteiger partial charge in [0.25, 0.3) is 0 Å². The van der Waals surface area contributed by atoms with E-state index in [1.165, 1.54) is 12.1 Å². The van der Waals surface area contributed by atoms with Crippen LogP contribution in [-0.2, 0) is 6.42 Å². The van der Waals surface area contributed by atoms with Crippen molar-refractivity contribution < 1.29 is 23.0 Å². The number of rotatable bonds is 5. The molecule has 2 aromatic rings. The van der Waals surface area contributed by atoms with Crippen LogP contribution >= 0.6 is 0 Å². The van der Waals surface area contributed by atoms with Crippen LogP contribution in [0.1, 0.15) is 18.1 Å². The lowest BCUT2D eigenvalue weighted by Gasteiger charge is -2.16. The van der Waals surface area contributed by atoms with Crippen LogP contribution in [0.4, 0.5) is 18.9 Å². The van der Waals surface area contributed by atoms with E-state index >= 15 is 0 Å². The van der Waals surface area contributed by atoms with E-state index in [1.54, 1.807) is 31.3 Å². The number of allylic oxidation sites excluding steroid dienone is 2. The van der Waals surface area contributed by atoms with Gasteiger partial charge in [-0.2, -0.15) is 0 Å². The molecular formula is C18H18F3NO2. The van der Waals surface area contributed by atoms with E-state index in [1.807, 2.05) is 19.1 Å². The number of hydrogen-bond acceptors (Lipinski definition) is 3. The molecule has 0 fully saturated rings. The number of nitrogens with one attached hydrogen (secondary N) is 1. The number of benzene rings is 2. The first kappa shape index (κ1) is 17.7. The third-order valence-corrected chi connectivity index (χ3v) is 3.49. The summed E-state index contributed by atoms with van der Waals surface area (Å²) in [5.41, 5.74) is 2.98. The average molecular weight is 337 g/mol. The highest BCUT2D eigenvalue weighted by Crippen LogP contribution is 2.33. The molecule has 2 rings (SSSR count). The van der Waals surface area contributed by atoms with Gasteiger partial charge in [-0.25, -0.2) is 0 Å².